The molecular formula is C28H30N4O4S. The largest absolute Gasteiger partial charge is 0.497 e. The standard InChI is InChI=1S/C28H30N4O4S/c1-18-25(27(34)30-20-9-11-22(35-2)12-10-20)26(19-7-6-8-23(15-19)36-3)32-21(17-37-28(32)29-18)16-24(33)31-13-4-5-14-31/h6-12,15,17,26H,4-5,13-14,16H2,1-3H3,(H,30,34)/t26-/m1/s1. The van der Waals surface area contributed by atoms with E-state index in [2.05, 4.69) is 5.32 Å². The Hall–Kier alpha value is -3.72. The maximum absolute atomic E-state index is 13.8. The van der Waals surface area contributed by atoms with Gasteiger partial charge in [-0.15, -0.1) is 0 Å². The van der Waals surface area contributed by atoms with E-state index in [1.165, 1.54) is 11.8 Å². The van der Waals surface area contributed by atoms with Gasteiger partial charge in [0, 0.05) is 24.5 Å². The molecule has 0 aromatic heterocycles. The van der Waals surface area contributed by atoms with Crippen LogP contribution in [-0.4, -0.2) is 54.1 Å². The fourth-order valence-electron chi connectivity index (χ4n) is 4.89. The Labute approximate surface area is 221 Å². The topological polar surface area (TPSA) is 83.5 Å². The Morgan fingerprint density at radius 3 is 2.49 bits per heavy atom. The van der Waals surface area contributed by atoms with Crippen molar-refractivity contribution >= 4 is 34.4 Å². The first-order valence-electron chi connectivity index (χ1n) is 12.3. The van der Waals surface area contributed by atoms with Crippen LogP contribution in [0.1, 0.15) is 37.8 Å². The molecule has 192 valence electrons. The van der Waals surface area contributed by atoms with Gasteiger partial charge >= 0.3 is 0 Å². The second-order valence-corrected chi connectivity index (χ2v) is 9.95. The molecule has 8 nitrogen and oxygen atoms in total. The second-order valence-electron chi connectivity index (χ2n) is 9.12. The lowest BCUT2D eigenvalue weighted by Gasteiger charge is -2.37. The van der Waals surface area contributed by atoms with Crippen molar-refractivity contribution in [1.82, 2.24) is 9.80 Å². The lowest BCUT2D eigenvalue weighted by Crippen LogP contribution is -2.39. The van der Waals surface area contributed by atoms with Gasteiger partial charge in [-0.05, 0) is 67.1 Å². The summed E-state index contributed by atoms with van der Waals surface area (Å²) in [5.74, 6) is 1.26. The highest BCUT2D eigenvalue weighted by Gasteiger charge is 2.41. The maximum Gasteiger partial charge on any atom is 0.255 e. The average Bonchev–Trinajstić information content (AvgIpc) is 3.59. The summed E-state index contributed by atoms with van der Waals surface area (Å²) in [5, 5.41) is 5.76. The van der Waals surface area contributed by atoms with Crippen molar-refractivity contribution in [3.8, 4) is 11.5 Å². The number of methoxy groups -OCH3 is 2. The molecular weight excluding hydrogens is 488 g/mol. The predicted molar refractivity (Wildman–Crippen MR) is 145 cm³/mol. The van der Waals surface area contributed by atoms with Crippen LogP contribution >= 0.6 is 11.8 Å². The first-order valence-corrected chi connectivity index (χ1v) is 13.2. The summed E-state index contributed by atoms with van der Waals surface area (Å²) in [6, 6.07) is 14.4. The third-order valence-electron chi connectivity index (χ3n) is 6.79. The SMILES string of the molecule is COc1ccc(NC(=O)C2=C(C)N=C3SC=C(CC(=O)N4CCCC4)N3[C@@H]2c2cccc(OC)c2)cc1. The van der Waals surface area contributed by atoms with Gasteiger partial charge in [0.25, 0.3) is 5.91 Å². The van der Waals surface area contributed by atoms with E-state index in [-0.39, 0.29) is 18.2 Å². The quantitative estimate of drug-likeness (QED) is 0.560. The van der Waals surface area contributed by atoms with Gasteiger partial charge in [0.15, 0.2) is 5.17 Å². The molecule has 0 saturated carbocycles. The Balaban J connectivity index is 1.50. The zero-order chi connectivity index (χ0) is 25.9. The van der Waals surface area contributed by atoms with Crippen molar-refractivity contribution in [1.29, 1.82) is 0 Å². The van der Waals surface area contributed by atoms with Crippen molar-refractivity contribution in [2.45, 2.75) is 32.2 Å². The van der Waals surface area contributed by atoms with Crippen LogP contribution in [0.2, 0.25) is 0 Å². The lowest BCUT2D eigenvalue weighted by atomic mass is 9.93. The number of thioether (sulfide) groups is 1. The summed E-state index contributed by atoms with van der Waals surface area (Å²) >= 11 is 1.49. The van der Waals surface area contributed by atoms with E-state index in [1.54, 1.807) is 38.5 Å². The average molecular weight is 519 g/mol. The smallest absolute Gasteiger partial charge is 0.255 e. The third kappa shape index (κ3) is 5.09. The number of rotatable bonds is 7. The number of amides is 2. The lowest BCUT2D eigenvalue weighted by molar-refractivity contribution is -0.129. The number of nitrogens with zero attached hydrogens (tertiary/aromatic N) is 3. The van der Waals surface area contributed by atoms with Gasteiger partial charge in [-0.2, -0.15) is 0 Å². The Morgan fingerprint density at radius 2 is 1.78 bits per heavy atom. The van der Waals surface area contributed by atoms with Crippen molar-refractivity contribution < 1.29 is 19.1 Å². The number of benzene rings is 2. The minimum Gasteiger partial charge on any atom is -0.497 e. The summed E-state index contributed by atoms with van der Waals surface area (Å²) in [7, 11) is 3.22. The van der Waals surface area contributed by atoms with Crippen LogP contribution in [0.5, 0.6) is 11.5 Å². The number of anilines is 1. The number of ether oxygens (including phenoxy) is 2. The molecule has 1 N–H and O–H groups in total. The van der Waals surface area contributed by atoms with Gasteiger partial charge in [-0.1, -0.05) is 23.9 Å². The summed E-state index contributed by atoms with van der Waals surface area (Å²) in [6.45, 7) is 3.45. The fraction of sp³-hybridized carbons (Fsp3) is 0.321. The number of carbonyl (C=O) groups excluding carboxylic acids is 2. The number of fused-ring (bicyclic) bond motifs is 1. The molecule has 2 aromatic rings. The number of nitrogens with one attached hydrogen (secondary N) is 1. The molecule has 0 aliphatic carbocycles. The molecule has 0 bridgehead atoms. The molecule has 0 spiro atoms. The van der Waals surface area contributed by atoms with Crippen LogP contribution in [0.25, 0.3) is 0 Å². The zero-order valence-corrected chi connectivity index (χ0v) is 22.0. The molecule has 2 amide bonds. The monoisotopic (exact) mass is 518 g/mol. The van der Waals surface area contributed by atoms with E-state index in [0.29, 0.717) is 28.5 Å². The maximum atomic E-state index is 13.8. The van der Waals surface area contributed by atoms with Crippen LogP contribution in [0.15, 0.2) is 75.9 Å². The number of hydrogen-bond donors (Lipinski definition) is 1. The normalized spacial score (nSPS) is 18.8. The van der Waals surface area contributed by atoms with Gasteiger partial charge < -0.3 is 24.6 Å². The molecule has 37 heavy (non-hydrogen) atoms. The van der Waals surface area contributed by atoms with Crippen molar-refractivity contribution in [2.75, 3.05) is 32.6 Å². The molecule has 3 aliphatic rings. The number of likely N-dealkylation sites (tertiary alicyclic amines) is 1. The van der Waals surface area contributed by atoms with Gasteiger partial charge in [0.2, 0.25) is 5.91 Å². The molecule has 1 atom stereocenters. The molecule has 2 aromatic carbocycles. The van der Waals surface area contributed by atoms with E-state index < -0.39 is 6.04 Å². The van der Waals surface area contributed by atoms with Crippen molar-refractivity contribution in [3.05, 3.63) is 76.5 Å². The molecule has 5 rings (SSSR count). The van der Waals surface area contributed by atoms with Gasteiger partial charge in [-0.25, -0.2) is 4.99 Å². The minimum atomic E-state index is -0.464. The van der Waals surface area contributed by atoms with E-state index in [0.717, 1.165) is 42.4 Å². The van der Waals surface area contributed by atoms with Crippen LogP contribution in [-0.2, 0) is 9.59 Å². The van der Waals surface area contributed by atoms with Gasteiger partial charge in [-0.3, -0.25) is 9.59 Å². The number of hydrogen-bond acceptors (Lipinski definition) is 7. The van der Waals surface area contributed by atoms with Crippen LogP contribution < -0.4 is 14.8 Å². The highest BCUT2D eigenvalue weighted by atomic mass is 32.2. The summed E-state index contributed by atoms with van der Waals surface area (Å²) in [6.07, 6.45) is 2.35. The van der Waals surface area contributed by atoms with Crippen LogP contribution in [0.3, 0.4) is 0 Å². The Bertz CT molecular complexity index is 1300. The predicted octanol–water partition coefficient (Wildman–Crippen LogP) is 4.93. The number of amidine groups is 1. The van der Waals surface area contributed by atoms with E-state index in [1.807, 2.05) is 46.4 Å². The molecule has 3 heterocycles. The molecule has 3 aliphatic heterocycles. The van der Waals surface area contributed by atoms with E-state index in [4.69, 9.17) is 14.5 Å². The van der Waals surface area contributed by atoms with Crippen LogP contribution in [0, 0.1) is 0 Å². The van der Waals surface area contributed by atoms with Crippen LogP contribution in [0.4, 0.5) is 5.69 Å². The molecule has 1 fully saturated rings. The number of allylic oxidation sites excluding steroid dienone is 1. The zero-order valence-electron chi connectivity index (χ0n) is 21.2. The fourth-order valence-corrected chi connectivity index (χ4v) is 5.86. The van der Waals surface area contributed by atoms with Crippen molar-refractivity contribution in [2.24, 2.45) is 4.99 Å². The van der Waals surface area contributed by atoms with E-state index >= 15 is 0 Å². The summed E-state index contributed by atoms with van der Waals surface area (Å²) in [5.41, 5.74) is 3.54. The molecule has 1 saturated heterocycles. The number of carbonyl (C=O) groups is 2. The molecule has 0 radical (unpaired) electrons. The Kier molecular flexibility index (Phi) is 7.23. The Morgan fingerprint density at radius 1 is 1.05 bits per heavy atom. The van der Waals surface area contributed by atoms with Gasteiger partial charge in [0.05, 0.1) is 38.0 Å². The first-order chi connectivity index (χ1) is 18.0. The molecule has 9 heteroatoms. The number of aliphatic imine (C=N–C) groups is 1. The highest BCUT2D eigenvalue weighted by Crippen LogP contribution is 2.45. The molecule has 0 unspecified atom stereocenters. The highest BCUT2D eigenvalue weighted by molar-refractivity contribution is 8.16. The first kappa shape index (κ1) is 25.0. The van der Waals surface area contributed by atoms with Crippen molar-refractivity contribution in [3.63, 3.8) is 0 Å². The summed E-state index contributed by atoms with van der Waals surface area (Å²) < 4.78 is 10.7. The van der Waals surface area contributed by atoms with E-state index in [9.17, 15) is 9.59 Å². The minimum absolute atomic E-state index is 0.102. The summed E-state index contributed by atoms with van der Waals surface area (Å²) in [4.78, 5) is 35.6. The second kappa shape index (κ2) is 10.7. The third-order valence-corrected chi connectivity index (χ3v) is 7.68. The van der Waals surface area contributed by atoms with Gasteiger partial charge in [0.1, 0.15) is 11.5 Å².